The quantitative estimate of drug-likeness (QED) is 0.525. The molecule has 0 aromatic rings. The predicted octanol–water partition coefficient (Wildman–Crippen LogP) is 3.69. The number of ether oxygens (including phenoxy) is 1. The Balaban J connectivity index is 2.51. The maximum atomic E-state index is 5.20. The van der Waals surface area contributed by atoms with Gasteiger partial charge in [0.05, 0.1) is 6.61 Å². The zero-order valence-electron chi connectivity index (χ0n) is 11.5. The van der Waals surface area contributed by atoms with Crippen LogP contribution < -0.4 is 0 Å². The SMILES string of the molecule is CCN(CCOC)CC1(CBr)CCCCCC1. The molecule has 0 spiro atoms. The summed E-state index contributed by atoms with van der Waals surface area (Å²) in [5.41, 5.74) is 0.514. The summed E-state index contributed by atoms with van der Waals surface area (Å²) in [6, 6.07) is 0. The molecular formula is C14H28BrNO. The maximum Gasteiger partial charge on any atom is 0.0589 e. The molecule has 1 fully saturated rings. The molecule has 1 saturated carbocycles. The Morgan fingerprint density at radius 2 is 1.82 bits per heavy atom. The molecule has 1 aliphatic rings. The van der Waals surface area contributed by atoms with Crippen LogP contribution in [0.3, 0.4) is 0 Å². The maximum absolute atomic E-state index is 5.20. The largest absolute Gasteiger partial charge is 0.383 e. The fourth-order valence-corrected chi connectivity index (χ4v) is 3.59. The second-order valence-corrected chi connectivity index (χ2v) is 5.97. The fourth-order valence-electron chi connectivity index (χ4n) is 2.86. The fraction of sp³-hybridized carbons (Fsp3) is 1.00. The predicted molar refractivity (Wildman–Crippen MR) is 77.9 cm³/mol. The Hall–Kier alpha value is 0.400. The number of nitrogens with zero attached hydrogens (tertiary/aromatic N) is 1. The van der Waals surface area contributed by atoms with Crippen LogP contribution in [0.2, 0.25) is 0 Å². The molecule has 0 heterocycles. The lowest BCUT2D eigenvalue weighted by Crippen LogP contribution is -2.40. The van der Waals surface area contributed by atoms with Gasteiger partial charge in [-0.3, -0.25) is 0 Å². The second-order valence-electron chi connectivity index (χ2n) is 5.41. The van der Waals surface area contributed by atoms with Gasteiger partial charge in [0.15, 0.2) is 0 Å². The first-order chi connectivity index (χ1) is 8.26. The van der Waals surface area contributed by atoms with Crippen molar-refractivity contribution < 1.29 is 4.74 Å². The van der Waals surface area contributed by atoms with Gasteiger partial charge >= 0.3 is 0 Å². The van der Waals surface area contributed by atoms with Crippen LogP contribution in [-0.4, -0.2) is 43.6 Å². The molecule has 0 unspecified atom stereocenters. The minimum atomic E-state index is 0.514. The topological polar surface area (TPSA) is 12.5 Å². The third-order valence-electron chi connectivity index (χ3n) is 4.07. The molecular weight excluding hydrogens is 278 g/mol. The lowest BCUT2D eigenvalue weighted by Gasteiger charge is -2.36. The summed E-state index contributed by atoms with van der Waals surface area (Å²) < 4.78 is 5.20. The van der Waals surface area contributed by atoms with Crippen LogP contribution >= 0.6 is 15.9 Å². The van der Waals surface area contributed by atoms with Crippen LogP contribution in [-0.2, 0) is 4.74 Å². The summed E-state index contributed by atoms with van der Waals surface area (Å²) in [6.45, 7) is 6.55. The van der Waals surface area contributed by atoms with Crippen molar-refractivity contribution in [2.45, 2.75) is 45.4 Å². The van der Waals surface area contributed by atoms with Gasteiger partial charge in [-0.05, 0) is 24.8 Å². The van der Waals surface area contributed by atoms with E-state index < -0.39 is 0 Å². The van der Waals surface area contributed by atoms with E-state index in [9.17, 15) is 0 Å². The Morgan fingerprint density at radius 3 is 2.29 bits per heavy atom. The lowest BCUT2D eigenvalue weighted by atomic mass is 9.82. The van der Waals surface area contributed by atoms with Crippen molar-refractivity contribution in [3.8, 4) is 0 Å². The van der Waals surface area contributed by atoms with Gasteiger partial charge < -0.3 is 9.64 Å². The van der Waals surface area contributed by atoms with Crippen LogP contribution in [0.5, 0.6) is 0 Å². The number of hydrogen-bond acceptors (Lipinski definition) is 2. The van der Waals surface area contributed by atoms with Gasteiger partial charge in [-0.2, -0.15) is 0 Å². The summed E-state index contributed by atoms with van der Waals surface area (Å²) in [5, 5.41) is 1.16. The summed E-state index contributed by atoms with van der Waals surface area (Å²) in [7, 11) is 1.79. The minimum absolute atomic E-state index is 0.514. The first-order valence-electron chi connectivity index (χ1n) is 7.03. The van der Waals surface area contributed by atoms with Crippen molar-refractivity contribution in [1.29, 1.82) is 0 Å². The van der Waals surface area contributed by atoms with Gasteiger partial charge in [-0.15, -0.1) is 0 Å². The van der Waals surface area contributed by atoms with Crippen molar-refractivity contribution in [3.05, 3.63) is 0 Å². The van der Waals surface area contributed by atoms with Gasteiger partial charge in [0.2, 0.25) is 0 Å². The van der Waals surface area contributed by atoms with Gasteiger partial charge in [0, 0.05) is 25.5 Å². The van der Waals surface area contributed by atoms with Gasteiger partial charge in [0.1, 0.15) is 0 Å². The van der Waals surface area contributed by atoms with Crippen LogP contribution in [0.25, 0.3) is 0 Å². The summed E-state index contributed by atoms with van der Waals surface area (Å²) in [4.78, 5) is 2.55. The first kappa shape index (κ1) is 15.5. The van der Waals surface area contributed by atoms with E-state index in [1.54, 1.807) is 7.11 Å². The Bertz CT molecular complexity index is 191. The molecule has 102 valence electrons. The summed E-state index contributed by atoms with van der Waals surface area (Å²) in [6.07, 6.45) is 8.46. The molecule has 3 heteroatoms. The molecule has 2 nitrogen and oxygen atoms in total. The summed E-state index contributed by atoms with van der Waals surface area (Å²) in [5.74, 6) is 0. The third kappa shape index (κ3) is 5.27. The van der Waals surface area contributed by atoms with Crippen molar-refractivity contribution in [1.82, 2.24) is 4.90 Å². The van der Waals surface area contributed by atoms with Gasteiger partial charge in [0.25, 0.3) is 0 Å². The van der Waals surface area contributed by atoms with Gasteiger partial charge in [-0.1, -0.05) is 48.5 Å². The minimum Gasteiger partial charge on any atom is -0.383 e. The number of halogens is 1. The van der Waals surface area contributed by atoms with E-state index >= 15 is 0 Å². The molecule has 0 aromatic heterocycles. The van der Waals surface area contributed by atoms with E-state index in [0.717, 1.165) is 25.0 Å². The van der Waals surface area contributed by atoms with E-state index in [2.05, 4.69) is 27.8 Å². The van der Waals surface area contributed by atoms with Crippen molar-refractivity contribution in [2.24, 2.45) is 5.41 Å². The van der Waals surface area contributed by atoms with E-state index in [4.69, 9.17) is 4.74 Å². The Labute approximate surface area is 115 Å². The van der Waals surface area contributed by atoms with E-state index in [-0.39, 0.29) is 0 Å². The van der Waals surface area contributed by atoms with Crippen LogP contribution in [0.4, 0.5) is 0 Å². The first-order valence-corrected chi connectivity index (χ1v) is 8.16. The zero-order chi connectivity index (χ0) is 12.6. The monoisotopic (exact) mass is 305 g/mol. The average molecular weight is 306 g/mol. The molecule has 0 aromatic carbocycles. The number of methoxy groups -OCH3 is 1. The standard InChI is InChI=1S/C14H28BrNO/c1-3-16(10-11-17-2)13-14(12-15)8-6-4-5-7-9-14/h3-13H2,1-2H3. The lowest BCUT2D eigenvalue weighted by molar-refractivity contribution is 0.110. The highest BCUT2D eigenvalue weighted by molar-refractivity contribution is 9.09. The molecule has 1 aliphatic carbocycles. The van der Waals surface area contributed by atoms with Crippen LogP contribution in [0, 0.1) is 5.41 Å². The highest BCUT2D eigenvalue weighted by atomic mass is 79.9. The van der Waals surface area contributed by atoms with E-state index in [1.807, 2.05) is 0 Å². The molecule has 17 heavy (non-hydrogen) atoms. The highest BCUT2D eigenvalue weighted by Gasteiger charge is 2.31. The van der Waals surface area contributed by atoms with E-state index in [0.29, 0.717) is 5.41 Å². The molecule has 0 amide bonds. The third-order valence-corrected chi connectivity index (χ3v) is 5.26. The number of alkyl halides is 1. The zero-order valence-corrected chi connectivity index (χ0v) is 13.1. The average Bonchev–Trinajstić information content (AvgIpc) is 2.60. The normalized spacial score (nSPS) is 20.5. The van der Waals surface area contributed by atoms with Crippen molar-refractivity contribution in [3.63, 3.8) is 0 Å². The summed E-state index contributed by atoms with van der Waals surface area (Å²) >= 11 is 3.77. The number of rotatable bonds is 7. The Morgan fingerprint density at radius 1 is 1.18 bits per heavy atom. The molecule has 0 aliphatic heterocycles. The molecule has 0 radical (unpaired) electrons. The molecule has 0 atom stereocenters. The molecule has 0 N–H and O–H groups in total. The molecule has 0 bridgehead atoms. The smallest absolute Gasteiger partial charge is 0.0589 e. The van der Waals surface area contributed by atoms with E-state index in [1.165, 1.54) is 45.1 Å². The molecule has 1 rings (SSSR count). The Kier molecular flexibility index (Phi) is 7.72. The number of hydrogen-bond donors (Lipinski definition) is 0. The van der Waals surface area contributed by atoms with Crippen LogP contribution in [0.1, 0.15) is 45.4 Å². The van der Waals surface area contributed by atoms with Gasteiger partial charge in [-0.25, -0.2) is 0 Å². The highest BCUT2D eigenvalue weighted by Crippen LogP contribution is 2.37. The molecule has 0 saturated heterocycles. The second kappa shape index (κ2) is 8.49. The van der Waals surface area contributed by atoms with Crippen LogP contribution in [0.15, 0.2) is 0 Å². The number of likely N-dealkylation sites (N-methyl/N-ethyl adjacent to an activating group) is 1. The van der Waals surface area contributed by atoms with Crippen molar-refractivity contribution in [2.75, 3.05) is 38.7 Å². The van der Waals surface area contributed by atoms with Crippen molar-refractivity contribution >= 4 is 15.9 Å².